The second-order valence-corrected chi connectivity index (χ2v) is 8.11. The Labute approximate surface area is 163 Å². The monoisotopic (exact) mass is 408 g/mol. The van der Waals surface area contributed by atoms with Crippen molar-refractivity contribution in [2.75, 3.05) is 13.6 Å². The SMILES string of the molecule is CN(CCCC(=O)OC(C(N)=O)c1ccccc1)S(=O)(=O)c1ccc(F)cc1. The van der Waals surface area contributed by atoms with Gasteiger partial charge in [0.15, 0.2) is 0 Å². The van der Waals surface area contributed by atoms with Gasteiger partial charge in [0.25, 0.3) is 5.91 Å². The number of carbonyl (C=O) groups excluding carboxylic acids is 2. The summed E-state index contributed by atoms with van der Waals surface area (Å²) >= 11 is 0. The van der Waals surface area contributed by atoms with E-state index < -0.39 is 33.8 Å². The summed E-state index contributed by atoms with van der Waals surface area (Å²) in [7, 11) is -2.43. The second-order valence-electron chi connectivity index (χ2n) is 6.07. The Kier molecular flexibility index (Phi) is 7.24. The lowest BCUT2D eigenvalue weighted by Crippen LogP contribution is -2.29. The van der Waals surface area contributed by atoms with Crippen molar-refractivity contribution in [3.8, 4) is 0 Å². The number of amides is 1. The van der Waals surface area contributed by atoms with Gasteiger partial charge in [0.2, 0.25) is 16.1 Å². The number of hydrogen-bond acceptors (Lipinski definition) is 5. The van der Waals surface area contributed by atoms with E-state index in [1.54, 1.807) is 30.3 Å². The summed E-state index contributed by atoms with van der Waals surface area (Å²) in [4.78, 5) is 23.5. The van der Waals surface area contributed by atoms with Crippen LogP contribution in [0.25, 0.3) is 0 Å². The average Bonchev–Trinajstić information content (AvgIpc) is 2.66. The molecule has 2 N–H and O–H groups in total. The van der Waals surface area contributed by atoms with E-state index >= 15 is 0 Å². The standard InChI is InChI=1S/C19H21FN2O5S/c1-22(28(25,26)16-11-9-15(20)10-12-16)13-5-8-17(23)27-18(19(21)24)14-6-3-2-4-7-14/h2-4,6-7,9-12,18H,5,8,13H2,1H3,(H2,21,24). The molecule has 1 unspecified atom stereocenters. The third-order valence-corrected chi connectivity index (χ3v) is 5.86. The van der Waals surface area contributed by atoms with Gasteiger partial charge in [-0.25, -0.2) is 17.1 Å². The van der Waals surface area contributed by atoms with Crippen LogP contribution < -0.4 is 5.73 Å². The molecule has 2 aromatic carbocycles. The quantitative estimate of drug-likeness (QED) is 0.639. The molecule has 28 heavy (non-hydrogen) atoms. The van der Waals surface area contributed by atoms with E-state index in [4.69, 9.17) is 10.5 Å². The van der Waals surface area contributed by atoms with E-state index in [0.717, 1.165) is 16.4 Å². The number of hydrogen-bond donors (Lipinski definition) is 1. The highest BCUT2D eigenvalue weighted by molar-refractivity contribution is 7.89. The summed E-state index contributed by atoms with van der Waals surface area (Å²) in [6.45, 7) is 0.0430. The lowest BCUT2D eigenvalue weighted by atomic mass is 10.1. The molecular weight excluding hydrogens is 387 g/mol. The van der Waals surface area contributed by atoms with Crippen molar-refractivity contribution in [3.05, 3.63) is 66.0 Å². The Morgan fingerprint density at radius 3 is 2.29 bits per heavy atom. The minimum Gasteiger partial charge on any atom is -0.447 e. The van der Waals surface area contributed by atoms with Crippen LogP contribution in [0.5, 0.6) is 0 Å². The number of primary amides is 1. The zero-order valence-corrected chi connectivity index (χ0v) is 16.1. The smallest absolute Gasteiger partial charge is 0.306 e. The molecule has 0 fully saturated rings. The maximum absolute atomic E-state index is 13.0. The number of benzene rings is 2. The summed E-state index contributed by atoms with van der Waals surface area (Å²) in [5, 5.41) is 0. The average molecular weight is 408 g/mol. The fourth-order valence-corrected chi connectivity index (χ4v) is 3.67. The van der Waals surface area contributed by atoms with Gasteiger partial charge in [-0.3, -0.25) is 9.59 Å². The molecule has 2 aromatic rings. The van der Waals surface area contributed by atoms with Crippen molar-refractivity contribution in [1.29, 1.82) is 0 Å². The molecule has 2 rings (SSSR count). The number of halogens is 1. The van der Waals surface area contributed by atoms with Gasteiger partial charge < -0.3 is 10.5 Å². The Balaban J connectivity index is 1.90. The van der Waals surface area contributed by atoms with Crippen molar-refractivity contribution < 1.29 is 27.1 Å². The minimum atomic E-state index is -3.79. The molecular formula is C19H21FN2O5S. The first kappa shape index (κ1) is 21.5. The predicted molar refractivity (Wildman–Crippen MR) is 99.9 cm³/mol. The normalized spacial score (nSPS) is 12.5. The van der Waals surface area contributed by atoms with E-state index in [-0.39, 0.29) is 24.3 Å². The minimum absolute atomic E-state index is 0.0430. The van der Waals surface area contributed by atoms with Crippen molar-refractivity contribution in [2.24, 2.45) is 5.73 Å². The Morgan fingerprint density at radius 2 is 1.71 bits per heavy atom. The Hall–Kier alpha value is -2.78. The number of sulfonamides is 1. The lowest BCUT2D eigenvalue weighted by Gasteiger charge is -2.18. The fraction of sp³-hybridized carbons (Fsp3) is 0.263. The highest BCUT2D eigenvalue weighted by Gasteiger charge is 2.23. The van der Waals surface area contributed by atoms with E-state index in [9.17, 15) is 22.4 Å². The maximum Gasteiger partial charge on any atom is 0.306 e. The van der Waals surface area contributed by atoms with Crippen LogP contribution in [0.3, 0.4) is 0 Å². The molecule has 0 spiro atoms. The van der Waals surface area contributed by atoms with Gasteiger partial charge >= 0.3 is 5.97 Å². The molecule has 1 atom stereocenters. The van der Waals surface area contributed by atoms with Crippen LogP contribution in [0.15, 0.2) is 59.5 Å². The molecule has 0 aliphatic rings. The number of ether oxygens (including phenoxy) is 1. The molecule has 1 amide bonds. The first-order valence-electron chi connectivity index (χ1n) is 8.47. The number of nitrogens with zero attached hydrogens (tertiary/aromatic N) is 1. The highest BCUT2D eigenvalue weighted by atomic mass is 32.2. The zero-order valence-electron chi connectivity index (χ0n) is 15.2. The molecule has 0 saturated carbocycles. The summed E-state index contributed by atoms with van der Waals surface area (Å²) < 4.78 is 44.0. The summed E-state index contributed by atoms with van der Waals surface area (Å²) in [6.07, 6.45) is -1.12. The molecule has 0 aliphatic heterocycles. The van der Waals surface area contributed by atoms with Gasteiger partial charge in [0, 0.05) is 25.6 Å². The largest absolute Gasteiger partial charge is 0.447 e. The molecule has 0 heterocycles. The van der Waals surface area contributed by atoms with Crippen LogP contribution in [0, 0.1) is 5.82 Å². The van der Waals surface area contributed by atoms with Crippen molar-refractivity contribution in [1.82, 2.24) is 4.31 Å². The van der Waals surface area contributed by atoms with Crippen LogP contribution >= 0.6 is 0 Å². The van der Waals surface area contributed by atoms with Gasteiger partial charge in [0.05, 0.1) is 4.90 Å². The second kappa shape index (κ2) is 9.43. The van der Waals surface area contributed by atoms with Crippen LogP contribution in [-0.4, -0.2) is 38.2 Å². The molecule has 9 heteroatoms. The Morgan fingerprint density at radius 1 is 1.11 bits per heavy atom. The van der Waals surface area contributed by atoms with Crippen molar-refractivity contribution in [2.45, 2.75) is 23.8 Å². The van der Waals surface area contributed by atoms with Gasteiger partial charge in [-0.2, -0.15) is 0 Å². The molecule has 7 nitrogen and oxygen atoms in total. The first-order chi connectivity index (χ1) is 13.2. The number of rotatable bonds is 9. The van der Waals surface area contributed by atoms with E-state index in [1.165, 1.54) is 19.2 Å². The van der Waals surface area contributed by atoms with Crippen molar-refractivity contribution >= 4 is 21.9 Å². The molecule has 0 aliphatic carbocycles. The van der Waals surface area contributed by atoms with Gasteiger partial charge in [-0.15, -0.1) is 0 Å². The number of nitrogens with two attached hydrogens (primary N) is 1. The van der Waals surface area contributed by atoms with E-state index in [0.29, 0.717) is 5.56 Å². The van der Waals surface area contributed by atoms with Crippen molar-refractivity contribution in [3.63, 3.8) is 0 Å². The zero-order chi connectivity index (χ0) is 20.7. The topological polar surface area (TPSA) is 107 Å². The van der Waals surface area contributed by atoms with Crippen LogP contribution in [0.2, 0.25) is 0 Å². The number of esters is 1. The molecule has 0 bridgehead atoms. The van der Waals surface area contributed by atoms with Gasteiger partial charge in [-0.1, -0.05) is 30.3 Å². The molecule has 0 saturated heterocycles. The first-order valence-corrected chi connectivity index (χ1v) is 9.91. The van der Waals surface area contributed by atoms with Gasteiger partial charge in [-0.05, 0) is 30.7 Å². The Bertz CT molecular complexity index is 917. The molecule has 0 aromatic heterocycles. The third kappa shape index (κ3) is 5.61. The van der Waals surface area contributed by atoms with E-state index in [2.05, 4.69) is 0 Å². The lowest BCUT2D eigenvalue weighted by molar-refractivity contribution is -0.155. The summed E-state index contributed by atoms with van der Waals surface area (Å²) in [5.74, 6) is -2.00. The fourth-order valence-electron chi connectivity index (χ4n) is 2.46. The predicted octanol–water partition coefficient (Wildman–Crippen LogP) is 2.00. The summed E-state index contributed by atoms with van der Waals surface area (Å²) in [5.41, 5.74) is 5.75. The third-order valence-electron chi connectivity index (χ3n) is 3.99. The van der Waals surface area contributed by atoms with Crippen LogP contribution in [0.4, 0.5) is 4.39 Å². The van der Waals surface area contributed by atoms with Crippen LogP contribution in [0.1, 0.15) is 24.5 Å². The summed E-state index contributed by atoms with van der Waals surface area (Å²) in [6, 6.07) is 12.8. The molecule has 150 valence electrons. The maximum atomic E-state index is 13.0. The van der Waals surface area contributed by atoms with Crippen LogP contribution in [-0.2, 0) is 24.3 Å². The van der Waals surface area contributed by atoms with E-state index in [1.807, 2.05) is 0 Å². The molecule has 0 radical (unpaired) electrons. The van der Waals surface area contributed by atoms with Gasteiger partial charge in [0.1, 0.15) is 5.82 Å². The number of carbonyl (C=O) groups is 2. The highest BCUT2D eigenvalue weighted by Crippen LogP contribution is 2.19.